The van der Waals surface area contributed by atoms with Gasteiger partial charge in [-0.05, 0) is 36.6 Å². The van der Waals surface area contributed by atoms with Crippen LogP contribution in [0.5, 0.6) is 0 Å². The van der Waals surface area contributed by atoms with Crippen LogP contribution < -0.4 is 10.6 Å². The first-order valence-electron chi connectivity index (χ1n) is 6.45. The highest BCUT2D eigenvalue weighted by Crippen LogP contribution is 2.21. The van der Waals surface area contributed by atoms with Gasteiger partial charge in [0.25, 0.3) is 0 Å². The van der Waals surface area contributed by atoms with Crippen LogP contribution in [-0.2, 0) is 5.41 Å². The van der Waals surface area contributed by atoms with Crippen molar-refractivity contribution < 1.29 is 0 Å². The maximum Gasteiger partial charge on any atom is 0.125 e. The summed E-state index contributed by atoms with van der Waals surface area (Å²) in [7, 11) is 0. The van der Waals surface area contributed by atoms with Gasteiger partial charge in [-0.25, -0.2) is 4.98 Å². The van der Waals surface area contributed by atoms with Crippen LogP contribution in [0.4, 0.5) is 5.82 Å². The summed E-state index contributed by atoms with van der Waals surface area (Å²) in [5.41, 5.74) is 1.45. The zero-order valence-corrected chi connectivity index (χ0v) is 11.5. The highest BCUT2D eigenvalue weighted by molar-refractivity contribution is 5.36. The zero-order valence-electron chi connectivity index (χ0n) is 11.5. The van der Waals surface area contributed by atoms with Crippen LogP contribution in [0.25, 0.3) is 0 Å². The average Bonchev–Trinajstić information content (AvgIpc) is 2.28. The summed E-state index contributed by atoms with van der Waals surface area (Å²) < 4.78 is 0. The molecule has 3 nitrogen and oxygen atoms in total. The molecule has 1 heterocycles. The molecule has 0 aliphatic rings. The third-order valence-electron chi connectivity index (χ3n) is 2.72. The molecule has 0 bridgehead atoms. The second-order valence-corrected chi connectivity index (χ2v) is 5.32. The van der Waals surface area contributed by atoms with E-state index >= 15 is 0 Å². The first kappa shape index (κ1) is 14.0. The predicted molar refractivity (Wildman–Crippen MR) is 74.6 cm³/mol. The fraction of sp³-hybridized carbons (Fsp3) is 0.643. The summed E-state index contributed by atoms with van der Waals surface area (Å²) in [4.78, 5) is 4.43. The summed E-state index contributed by atoms with van der Waals surface area (Å²) in [5, 5.41) is 6.63. The monoisotopic (exact) mass is 235 g/mol. The molecule has 1 rings (SSSR count). The van der Waals surface area contributed by atoms with E-state index in [0.717, 1.165) is 31.9 Å². The molecule has 0 saturated heterocycles. The van der Waals surface area contributed by atoms with Crippen molar-refractivity contribution in [3.05, 3.63) is 23.9 Å². The molecule has 17 heavy (non-hydrogen) atoms. The van der Waals surface area contributed by atoms with Crippen molar-refractivity contribution in [3.63, 3.8) is 0 Å². The molecule has 0 aliphatic carbocycles. The van der Waals surface area contributed by atoms with E-state index in [4.69, 9.17) is 0 Å². The lowest BCUT2D eigenvalue weighted by Crippen LogP contribution is -2.17. The Balaban J connectivity index is 2.36. The van der Waals surface area contributed by atoms with Crippen molar-refractivity contribution in [1.29, 1.82) is 0 Å². The standard InChI is InChI=1S/C14H25N3/c1-5-15-9-6-10-16-13-8-7-12(11-17-13)14(2,3)4/h7-8,11,15H,5-6,9-10H2,1-4H3,(H,16,17). The number of nitrogens with zero attached hydrogens (tertiary/aromatic N) is 1. The summed E-state index contributed by atoms with van der Waals surface area (Å²) in [6.07, 6.45) is 3.09. The molecule has 0 saturated carbocycles. The second kappa shape index (κ2) is 6.60. The molecule has 1 aromatic heterocycles. The largest absolute Gasteiger partial charge is 0.370 e. The van der Waals surface area contributed by atoms with Crippen LogP contribution in [-0.4, -0.2) is 24.6 Å². The van der Waals surface area contributed by atoms with E-state index in [0.29, 0.717) is 0 Å². The lowest BCUT2D eigenvalue weighted by Gasteiger charge is -2.18. The van der Waals surface area contributed by atoms with Gasteiger partial charge in [-0.15, -0.1) is 0 Å². The molecule has 0 amide bonds. The molecular weight excluding hydrogens is 210 g/mol. The van der Waals surface area contributed by atoms with E-state index in [2.05, 4.69) is 55.4 Å². The molecule has 1 aromatic rings. The van der Waals surface area contributed by atoms with Gasteiger partial charge in [0, 0.05) is 12.7 Å². The van der Waals surface area contributed by atoms with Gasteiger partial charge in [0.15, 0.2) is 0 Å². The van der Waals surface area contributed by atoms with E-state index in [-0.39, 0.29) is 5.41 Å². The van der Waals surface area contributed by atoms with Crippen molar-refractivity contribution in [1.82, 2.24) is 10.3 Å². The summed E-state index contributed by atoms with van der Waals surface area (Å²) >= 11 is 0. The van der Waals surface area contributed by atoms with Crippen molar-refractivity contribution in [2.24, 2.45) is 0 Å². The molecule has 0 fully saturated rings. The summed E-state index contributed by atoms with van der Waals surface area (Å²) in [6.45, 7) is 11.8. The normalized spacial score (nSPS) is 11.5. The van der Waals surface area contributed by atoms with Gasteiger partial charge in [-0.3, -0.25) is 0 Å². The van der Waals surface area contributed by atoms with Crippen molar-refractivity contribution in [2.45, 2.75) is 39.5 Å². The number of pyridine rings is 1. The van der Waals surface area contributed by atoms with Gasteiger partial charge in [0.2, 0.25) is 0 Å². The molecule has 0 aliphatic heterocycles. The second-order valence-electron chi connectivity index (χ2n) is 5.32. The highest BCUT2D eigenvalue weighted by Gasteiger charge is 2.13. The Morgan fingerprint density at radius 1 is 1.18 bits per heavy atom. The molecule has 0 aromatic carbocycles. The van der Waals surface area contributed by atoms with E-state index in [9.17, 15) is 0 Å². The molecule has 0 unspecified atom stereocenters. The third kappa shape index (κ3) is 5.18. The third-order valence-corrected chi connectivity index (χ3v) is 2.72. The topological polar surface area (TPSA) is 37.0 Å². The lowest BCUT2D eigenvalue weighted by atomic mass is 9.88. The number of nitrogens with one attached hydrogen (secondary N) is 2. The van der Waals surface area contributed by atoms with Crippen molar-refractivity contribution in [2.75, 3.05) is 25.0 Å². The molecule has 0 atom stereocenters. The molecule has 0 spiro atoms. The average molecular weight is 235 g/mol. The number of hydrogen-bond donors (Lipinski definition) is 2. The highest BCUT2D eigenvalue weighted by atomic mass is 15.0. The van der Waals surface area contributed by atoms with Gasteiger partial charge >= 0.3 is 0 Å². The van der Waals surface area contributed by atoms with Crippen molar-refractivity contribution in [3.8, 4) is 0 Å². The summed E-state index contributed by atoms with van der Waals surface area (Å²) in [5.74, 6) is 0.967. The van der Waals surface area contributed by atoms with E-state index < -0.39 is 0 Å². The van der Waals surface area contributed by atoms with Gasteiger partial charge in [0.05, 0.1) is 0 Å². The number of rotatable bonds is 6. The summed E-state index contributed by atoms with van der Waals surface area (Å²) in [6, 6.07) is 4.22. The van der Waals surface area contributed by atoms with Crippen LogP contribution >= 0.6 is 0 Å². The lowest BCUT2D eigenvalue weighted by molar-refractivity contribution is 0.587. The molecular formula is C14H25N3. The smallest absolute Gasteiger partial charge is 0.125 e. The SMILES string of the molecule is CCNCCCNc1ccc(C(C)(C)C)cn1. The first-order valence-corrected chi connectivity index (χ1v) is 6.45. The minimum absolute atomic E-state index is 0.177. The van der Waals surface area contributed by atoms with Gasteiger partial charge in [-0.2, -0.15) is 0 Å². The predicted octanol–water partition coefficient (Wildman–Crippen LogP) is 2.79. The first-order chi connectivity index (χ1) is 8.04. The Bertz CT molecular complexity index is 311. The zero-order chi connectivity index (χ0) is 12.7. The molecule has 2 N–H and O–H groups in total. The molecule has 96 valence electrons. The fourth-order valence-corrected chi connectivity index (χ4v) is 1.55. The van der Waals surface area contributed by atoms with Crippen LogP contribution in [0, 0.1) is 0 Å². The maximum absolute atomic E-state index is 4.43. The minimum Gasteiger partial charge on any atom is -0.370 e. The van der Waals surface area contributed by atoms with Crippen LogP contribution in [0.1, 0.15) is 39.7 Å². The minimum atomic E-state index is 0.177. The van der Waals surface area contributed by atoms with Crippen LogP contribution in [0.3, 0.4) is 0 Å². The van der Waals surface area contributed by atoms with Gasteiger partial charge in [-0.1, -0.05) is 33.8 Å². The molecule has 3 heteroatoms. The Kier molecular flexibility index (Phi) is 5.42. The Hall–Kier alpha value is -1.09. The van der Waals surface area contributed by atoms with Crippen LogP contribution in [0.15, 0.2) is 18.3 Å². The Morgan fingerprint density at radius 2 is 1.94 bits per heavy atom. The quantitative estimate of drug-likeness (QED) is 0.744. The van der Waals surface area contributed by atoms with Gasteiger partial charge < -0.3 is 10.6 Å². The Labute approximate surface area is 105 Å². The van der Waals surface area contributed by atoms with E-state index in [1.807, 2.05) is 6.20 Å². The van der Waals surface area contributed by atoms with Crippen molar-refractivity contribution >= 4 is 5.82 Å². The molecule has 0 radical (unpaired) electrons. The fourth-order valence-electron chi connectivity index (χ4n) is 1.55. The van der Waals surface area contributed by atoms with E-state index in [1.165, 1.54) is 5.56 Å². The number of hydrogen-bond acceptors (Lipinski definition) is 3. The number of anilines is 1. The maximum atomic E-state index is 4.43. The Morgan fingerprint density at radius 3 is 2.47 bits per heavy atom. The van der Waals surface area contributed by atoms with Gasteiger partial charge in [0.1, 0.15) is 5.82 Å². The van der Waals surface area contributed by atoms with E-state index in [1.54, 1.807) is 0 Å². The number of aromatic nitrogens is 1. The van der Waals surface area contributed by atoms with Crippen LogP contribution in [0.2, 0.25) is 0 Å².